The smallest absolute Gasteiger partial charge is 0.274 e. The van der Waals surface area contributed by atoms with Gasteiger partial charge >= 0.3 is 0 Å². The SMILES string of the molecule is CCc1ccc2[nH]c3nc4nnc(-c5cccc(F)c5)n4nc3c2c1. The third kappa shape index (κ3) is 2.09. The van der Waals surface area contributed by atoms with Gasteiger partial charge in [-0.15, -0.1) is 10.2 Å². The molecule has 0 amide bonds. The summed E-state index contributed by atoms with van der Waals surface area (Å²) in [6, 6.07) is 12.4. The lowest BCUT2D eigenvalue weighted by molar-refractivity contribution is 0.628. The zero-order chi connectivity index (χ0) is 17.0. The largest absolute Gasteiger partial charge is 0.338 e. The number of nitrogens with zero attached hydrogens (tertiary/aromatic N) is 5. The Morgan fingerprint density at radius 2 is 2.04 bits per heavy atom. The molecule has 0 unspecified atom stereocenters. The van der Waals surface area contributed by atoms with Crippen LogP contribution in [0, 0.1) is 5.82 Å². The topological polar surface area (TPSA) is 71.8 Å². The van der Waals surface area contributed by atoms with Crippen molar-refractivity contribution < 1.29 is 4.39 Å². The number of aryl methyl sites for hydroxylation is 1. The van der Waals surface area contributed by atoms with Gasteiger partial charge in [0.15, 0.2) is 11.5 Å². The van der Waals surface area contributed by atoms with Gasteiger partial charge in [0, 0.05) is 16.5 Å². The Morgan fingerprint density at radius 1 is 1.12 bits per heavy atom. The molecule has 0 saturated carbocycles. The first-order chi connectivity index (χ1) is 12.2. The molecule has 0 spiro atoms. The van der Waals surface area contributed by atoms with E-state index in [9.17, 15) is 4.39 Å². The van der Waals surface area contributed by atoms with Gasteiger partial charge in [-0.25, -0.2) is 4.39 Å². The van der Waals surface area contributed by atoms with Gasteiger partial charge in [0.2, 0.25) is 0 Å². The van der Waals surface area contributed by atoms with Crippen LogP contribution < -0.4 is 0 Å². The van der Waals surface area contributed by atoms with Crippen LogP contribution in [0.15, 0.2) is 42.5 Å². The number of nitrogens with one attached hydrogen (secondary N) is 1. The molecule has 122 valence electrons. The molecule has 0 aliphatic rings. The summed E-state index contributed by atoms with van der Waals surface area (Å²) in [6.07, 6.45) is 0.944. The van der Waals surface area contributed by atoms with Gasteiger partial charge in [-0.1, -0.05) is 25.1 Å². The zero-order valence-electron chi connectivity index (χ0n) is 13.4. The highest BCUT2D eigenvalue weighted by molar-refractivity contribution is 6.03. The Labute approximate surface area is 141 Å². The van der Waals surface area contributed by atoms with Crippen LogP contribution in [0.1, 0.15) is 12.5 Å². The lowest BCUT2D eigenvalue weighted by Crippen LogP contribution is -1.98. The third-order valence-corrected chi connectivity index (χ3v) is 4.34. The predicted octanol–water partition coefficient (Wildman–Crippen LogP) is 3.52. The van der Waals surface area contributed by atoms with Gasteiger partial charge in [0.05, 0.1) is 0 Å². The lowest BCUT2D eigenvalue weighted by atomic mass is 10.1. The van der Waals surface area contributed by atoms with Crippen molar-refractivity contribution in [2.75, 3.05) is 0 Å². The van der Waals surface area contributed by atoms with Gasteiger partial charge in [-0.05, 0) is 36.2 Å². The number of hydrogen-bond donors (Lipinski definition) is 1. The van der Waals surface area contributed by atoms with E-state index < -0.39 is 0 Å². The van der Waals surface area contributed by atoms with Crippen molar-refractivity contribution in [2.24, 2.45) is 0 Å². The Bertz CT molecular complexity index is 1250. The highest BCUT2D eigenvalue weighted by Crippen LogP contribution is 2.25. The van der Waals surface area contributed by atoms with E-state index in [0.717, 1.165) is 22.8 Å². The molecule has 5 rings (SSSR count). The van der Waals surface area contributed by atoms with Gasteiger partial charge < -0.3 is 4.98 Å². The molecule has 25 heavy (non-hydrogen) atoms. The number of H-pyrrole nitrogens is 1. The summed E-state index contributed by atoms with van der Waals surface area (Å²) in [5.41, 5.74) is 4.21. The number of hydrogen-bond acceptors (Lipinski definition) is 4. The molecule has 0 atom stereocenters. The van der Waals surface area contributed by atoms with Crippen molar-refractivity contribution in [3.05, 3.63) is 53.8 Å². The Morgan fingerprint density at radius 3 is 2.88 bits per heavy atom. The summed E-state index contributed by atoms with van der Waals surface area (Å²) in [4.78, 5) is 7.78. The second-order valence-corrected chi connectivity index (χ2v) is 5.91. The van der Waals surface area contributed by atoms with Crippen LogP contribution in [0.5, 0.6) is 0 Å². The van der Waals surface area contributed by atoms with E-state index in [1.54, 1.807) is 16.6 Å². The average Bonchev–Trinajstić information content (AvgIpc) is 3.19. The van der Waals surface area contributed by atoms with Crippen LogP contribution in [0.3, 0.4) is 0 Å². The molecule has 5 aromatic rings. The maximum atomic E-state index is 13.6. The van der Waals surface area contributed by atoms with Crippen LogP contribution in [-0.2, 0) is 6.42 Å². The highest BCUT2D eigenvalue weighted by atomic mass is 19.1. The average molecular weight is 332 g/mol. The Hall–Kier alpha value is -3.35. The summed E-state index contributed by atoms with van der Waals surface area (Å²) >= 11 is 0. The second-order valence-electron chi connectivity index (χ2n) is 5.91. The molecule has 0 fully saturated rings. The van der Waals surface area contributed by atoms with Crippen LogP contribution in [-0.4, -0.2) is 29.8 Å². The quantitative estimate of drug-likeness (QED) is 0.537. The van der Waals surface area contributed by atoms with Crippen molar-refractivity contribution in [3.63, 3.8) is 0 Å². The van der Waals surface area contributed by atoms with Crippen LogP contribution in [0.25, 0.3) is 39.2 Å². The first kappa shape index (κ1) is 14.0. The van der Waals surface area contributed by atoms with E-state index in [1.807, 2.05) is 6.07 Å². The minimum atomic E-state index is -0.331. The molecule has 6 nitrogen and oxygen atoms in total. The zero-order valence-corrected chi connectivity index (χ0v) is 13.4. The molecule has 0 aliphatic heterocycles. The van der Waals surface area contributed by atoms with Crippen LogP contribution in [0.2, 0.25) is 0 Å². The molecule has 7 heteroatoms. The maximum absolute atomic E-state index is 13.6. The van der Waals surface area contributed by atoms with Crippen LogP contribution >= 0.6 is 0 Å². The normalized spacial score (nSPS) is 11.8. The molecule has 3 heterocycles. The number of benzene rings is 2. The van der Waals surface area contributed by atoms with Gasteiger partial charge in [-0.2, -0.15) is 14.6 Å². The van der Waals surface area contributed by atoms with Crippen molar-refractivity contribution in [1.29, 1.82) is 0 Å². The summed E-state index contributed by atoms with van der Waals surface area (Å²) in [5, 5.41) is 13.9. The minimum absolute atomic E-state index is 0.331. The van der Waals surface area contributed by atoms with Crippen molar-refractivity contribution in [2.45, 2.75) is 13.3 Å². The molecule has 0 bridgehead atoms. The number of fused-ring (bicyclic) bond motifs is 4. The second kappa shape index (κ2) is 5.07. The van der Waals surface area contributed by atoms with E-state index in [1.165, 1.54) is 17.7 Å². The summed E-state index contributed by atoms with van der Waals surface area (Å²) in [5.74, 6) is 0.502. The standard InChI is InChI=1S/C18H13FN6/c1-2-10-6-7-14-13(8-10)15-16(20-14)21-18-23-22-17(25(18)24-15)11-4-3-5-12(19)9-11/h3-9H,2H2,1H3,(H,20,21,23). The highest BCUT2D eigenvalue weighted by Gasteiger charge is 2.15. The molecule has 2 aromatic carbocycles. The van der Waals surface area contributed by atoms with Crippen LogP contribution in [0.4, 0.5) is 4.39 Å². The maximum Gasteiger partial charge on any atom is 0.274 e. The lowest BCUT2D eigenvalue weighted by Gasteiger charge is -2.00. The van der Waals surface area contributed by atoms with Gasteiger partial charge in [-0.3, -0.25) is 0 Å². The predicted molar refractivity (Wildman–Crippen MR) is 92.7 cm³/mol. The molecule has 3 aromatic heterocycles. The Balaban J connectivity index is 1.83. The summed E-state index contributed by atoms with van der Waals surface area (Å²) < 4.78 is 15.1. The van der Waals surface area contributed by atoms with E-state index in [0.29, 0.717) is 22.8 Å². The molecule has 1 N–H and O–H groups in total. The molecule has 0 saturated heterocycles. The van der Waals surface area contributed by atoms with E-state index in [2.05, 4.69) is 44.3 Å². The minimum Gasteiger partial charge on any atom is -0.338 e. The van der Waals surface area contributed by atoms with Crippen molar-refractivity contribution >= 4 is 27.8 Å². The first-order valence-electron chi connectivity index (χ1n) is 8.02. The van der Waals surface area contributed by atoms with E-state index >= 15 is 0 Å². The third-order valence-electron chi connectivity index (χ3n) is 4.34. The van der Waals surface area contributed by atoms with Crippen molar-refractivity contribution in [1.82, 2.24) is 29.8 Å². The van der Waals surface area contributed by atoms with Gasteiger partial charge in [0.25, 0.3) is 5.78 Å². The summed E-state index contributed by atoms with van der Waals surface area (Å²) in [6.45, 7) is 2.11. The number of aromatic amines is 1. The van der Waals surface area contributed by atoms with E-state index in [-0.39, 0.29) is 5.82 Å². The fraction of sp³-hybridized carbons (Fsp3) is 0.111. The molecule has 0 radical (unpaired) electrons. The van der Waals surface area contributed by atoms with Gasteiger partial charge in [0.1, 0.15) is 11.3 Å². The molecule has 0 aliphatic carbocycles. The first-order valence-corrected chi connectivity index (χ1v) is 8.02. The van der Waals surface area contributed by atoms with Crippen molar-refractivity contribution in [3.8, 4) is 11.4 Å². The fourth-order valence-corrected chi connectivity index (χ4v) is 3.05. The number of aromatic nitrogens is 6. The Kier molecular flexibility index (Phi) is 2.85. The fourth-order valence-electron chi connectivity index (χ4n) is 3.05. The molecular weight excluding hydrogens is 319 g/mol. The monoisotopic (exact) mass is 332 g/mol. The van der Waals surface area contributed by atoms with E-state index in [4.69, 9.17) is 0 Å². The number of halogens is 1. The summed E-state index contributed by atoms with van der Waals surface area (Å²) in [7, 11) is 0. The molecular formula is C18H13FN6. The number of rotatable bonds is 2.